The number of H-pyrrole nitrogens is 1. The van der Waals surface area contributed by atoms with Crippen molar-refractivity contribution in [2.75, 3.05) is 11.9 Å². The van der Waals surface area contributed by atoms with E-state index in [-0.39, 0.29) is 17.7 Å². The highest BCUT2D eigenvalue weighted by molar-refractivity contribution is 5.35. The summed E-state index contributed by atoms with van der Waals surface area (Å²) in [6.07, 6.45) is 0. The van der Waals surface area contributed by atoms with Crippen LogP contribution in [0, 0.1) is 13.8 Å². The van der Waals surface area contributed by atoms with Crippen molar-refractivity contribution >= 4 is 5.82 Å². The van der Waals surface area contributed by atoms with Crippen LogP contribution in [0.1, 0.15) is 23.7 Å². The molecule has 0 saturated carbocycles. The maximum Gasteiger partial charge on any atom is 0.268 e. The van der Waals surface area contributed by atoms with Crippen molar-refractivity contribution in [2.45, 2.75) is 27.3 Å². The third-order valence-electron chi connectivity index (χ3n) is 3.19. The fraction of sp³-hybridized carbons (Fsp3) is 0.357. The van der Waals surface area contributed by atoms with Crippen molar-refractivity contribution in [3.63, 3.8) is 0 Å². The minimum absolute atomic E-state index is 0.197. The van der Waals surface area contributed by atoms with Gasteiger partial charge in [0.15, 0.2) is 0 Å². The SMILES string of the molecule is CCNc1cccc(Cn2[nH]c(=O)c(C)c(C)c2=O)n1. The number of hydrogen-bond acceptors (Lipinski definition) is 4. The molecule has 20 heavy (non-hydrogen) atoms. The summed E-state index contributed by atoms with van der Waals surface area (Å²) >= 11 is 0. The Morgan fingerprint density at radius 3 is 2.70 bits per heavy atom. The van der Waals surface area contributed by atoms with Gasteiger partial charge in [0.25, 0.3) is 11.1 Å². The molecule has 2 aromatic rings. The highest BCUT2D eigenvalue weighted by atomic mass is 16.2. The molecule has 0 radical (unpaired) electrons. The summed E-state index contributed by atoms with van der Waals surface area (Å²) in [5, 5.41) is 5.68. The summed E-state index contributed by atoms with van der Waals surface area (Å²) in [6.45, 7) is 6.31. The molecule has 2 N–H and O–H groups in total. The summed E-state index contributed by atoms with van der Waals surface area (Å²) in [4.78, 5) is 28.2. The van der Waals surface area contributed by atoms with E-state index in [0.717, 1.165) is 12.4 Å². The fourth-order valence-corrected chi connectivity index (χ4v) is 1.91. The molecule has 0 bridgehead atoms. The predicted molar refractivity (Wildman–Crippen MR) is 78.3 cm³/mol. The number of rotatable bonds is 4. The topological polar surface area (TPSA) is 79.8 Å². The maximum absolute atomic E-state index is 12.1. The van der Waals surface area contributed by atoms with Gasteiger partial charge in [0.2, 0.25) is 0 Å². The average molecular weight is 274 g/mol. The van der Waals surface area contributed by atoms with Crippen LogP contribution >= 0.6 is 0 Å². The molecule has 2 aromatic heterocycles. The molecular weight excluding hydrogens is 256 g/mol. The van der Waals surface area contributed by atoms with E-state index in [4.69, 9.17) is 0 Å². The molecule has 0 fully saturated rings. The van der Waals surface area contributed by atoms with Gasteiger partial charge >= 0.3 is 0 Å². The van der Waals surface area contributed by atoms with Gasteiger partial charge in [-0.2, -0.15) is 0 Å². The van der Waals surface area contributed by atoms with Crippen molar-refractivity contribution < 1.29 is 0 Å². The lowest BCUT2D eigenvalue weighted by atomic mass is 10.2. The number of nitrogens with zero attached hydrogens (tertiary/aromatic N) is 2. The average Bonchev–Trinajstić information content (AvgIpc) is 2.43. The molecule has 0 aliphatic rings. The molecule has 2 rings (SSSR count). The second-order valence-electron chi connectivity index (χ2n) is 4.63. The molecule has 0 spiro atoms. The number of pyridine rings is 1. The van der Waals surface area contributed by atoms with E-state index < -0.39 is 0 Å². The quantitative estimate of drug-likeness (QED) is 0.872. The van der Waals surface area contributed by atoms with E-state index in [2.05, 4.69) is 15.4 Å². The Hall–Kier alpha value is -2.37. The van der Waals surface area contributed by atoms with E-state index in [0.29, 0.717) is 16.8 Å². The van der Waals surface area contributed by atoms with E-state index in [1.54, 1.807) is 13.8 Å². The molecule has 0 saturated heterocycles. The number of aromatic amines is 1. The van der Waals surface area contributed by atoms with Crippen LogP contribution in [0.2, 0.25) is 0 Å². The lowest BCUT2D eigenvalue weighted by molar-refractivity contribution is 0.609. The van der Waals surface area contributed by atoms with Gasteiger partial charge in [-0.15, -0.1) is 0 Å². The van der Waals surface area contributed by atoms with Crippen LogP contribution in [-0.2, 0) is 6.54 Å². The monoisotopic (exact) mass is 274 g/mol. The Labute approximate surface area is 116 Å². The largest absolute Gasteiger partial charge is 0.370 e. The van der Waals surface area contributed by atoms with E-state index >= 15 is 0 Å². The van der Waals surface area contributed by atoms with Crippen molar-refractivity contribution in [1.82, 2.24) is 14.8 Å². The Bertz CT molecular complexity index is 731. The van der Waals surface area contributed by atoms with Gasteiger partial charge in [0.1, 0.15) is 5.82 Å². The molecule has 0 atom stereocenters. The summed E-state index contributed by atoms with van der Waals surface area (Å²) in [6, 6.07) is 5.55. The zero-order valence-corrected chi connectivity index (χ0v) is 11.9. The fourth-order valence-electron chi connectivity index (χ4n) is 1.91. The summed E-state index contributed by atoms with van der Waals surface area (Å²) in [5.74, 6) is 0.754. The molecule has 0 aliphatic heterocycles. The van der Waals surface area contributed by atoms with Crippen LogP contribution in [0.4, 0.5) is 5.82 Å². The van der Waals surface area contributed by atoms with Gasteiger partial charge in [0.05, 0.1) is 12.2 Å². The van der Waals surface area contributed by atoms with Crippen molar-refractivity contribution in [3.05, 3.63) is 55.7 Å². The Morgan fingerprint density at radius 1 is 1.25 bits per heavy atom. The molecule has 0 amide bonds. The molecule has 2 heterocycles. The Kier molecular flexibility index (Phi) is 4.02. The molecular formula is C14H18N4O2. The van der Waals surface area contributed by atoms with Crippen LogP contribution in [0.5, 0.6) is 0 Å². The summed E-state index contributed by atoms with van der Waals surface area (Å²) in [7, 11) is 0. The third kappa shape index (κ3) is 2.79. The van der Waals surface area contributed by atoms with Crippen LogP contribution in [0.15, 0.2) is 27.8 Å². The Morgan fingerprint density at radius 2 is 2.00 bits per heavy atom. The van der Waals surface area contributed by atoms with Crippen molar-refractivity contribution in [3.8, 4) is 0 Å². The van der Waals surface area contributed by atoms with E-state index in [9.17, 15) is 9.59 Å². The second-order valence-corrected chi connectivity index (χ2v) is 4.63. The molecule has 106 valence electrons. The van der Waals surface area contributed by atoms with Crippen LogP contribution in [0.3, 0.4) is 0 Å². The molecule has 0 aromatic carbocycles. The minimum atomic E-state index is -0.245. The van der Waals surface area contributed by atoms with Gasteiger partial charge in [-0.3, -0.25) is 14.7 Å². The zero-order chi connectivity index (χ0) is 14.7. The van der Waals surface area contributed by atoms with Crippen molar-refractivity contribution in [2.24, 2.45) is 0 Å². The maximum atomic E-state index is 12.1. The Balaban J connectivity index is 2.38. The first kappa shape index (κ1) is 14.0. The summed E-state index contributed by atoms with van der Waals surface area (Å²) in [5.41, 5.74) is 1.20. The lowest BCUT2D eigenvalue weighted by Crippen LogP contribution is -2.33. The number of nitrogens with one attached hydrogen (secondary N) is 2. The minimum Gasteiger partial charge on any atom is -0.370 e. The second kappa shape index (κ2) is 5.73. The lowest BCUT2D eigenvalue weighted by Gasteiger charge is -2.09. The first-order chi connectivity index (χ1) is 9.52. The number of anilines is 1. The first-order valence-electron chi connectivity index (χ1n) is 6.53. The van der Waals surface area contributed by atoms with Gasteiger partial charge in [-0.25, -0.2) is 9.67 Å². The summed E-state index contributed by atoms with van der Waals surface area (Å²) < 4.78 is 1.29. The molecule has 6 heteroatoms. The standard InChI is InChI=1S/C14H18N4O2/c1-4-15-12-7-5-6-11(16-12)8-18-14(20)10(3)9(2)13(19)17-18/h5-7H,4,8H2,1-3H3,(H,15,16)(H,17,19). The normalized spacial score (nSPS) is 10.6. The zero-order valence-electron chi connectivity index (χ0n) is 11.9. The molecule has 6 nitrogen and oxygen atoms in total. The van der Waals surface area contributed by atoms with Crippen LogP contribution < -0.4 is 16.4 Å². The van der Waals surface area contributed by atoms with Crippen LogP contribution in [-0.4, -0.2) is 21.3 Å². The van der Waals surface area contributed by atoms with E-state index in [1.807, 2.05) is 25.1 Å². The molecule has 0 unspecified atom stereocenters. The van der Waals surface area contributed by atoms with Crippen LogP contribution in [0.25, 0.3) is 0 Å². The highest BCUT2D eigenvalue weighted by Gasteiger charge is 2.08. The van der Waals surface area contributed by atoms with Gasteiger partial charge in [0, 0.05) is 17.7 Å². The smallest absolute Gasteiger partial charge is 0.268 e. The van der Waals surface area contributed by atoms with Crippen molar-refractivity contribution in [1.29, 1.82) is 0 Å². The highest BCUT2D eigenvalue weighted by Crippen LogP contribution is 2.05. The number of aromatic nitrogens is 3. The predicted octanol–water partition coefficient (Wildman–Crippen LogP) is 1.03. The number of hydrogen-bond donors (Lipinski definition) is 2. The van der Waals surface area contributed by atoms with Gasteiger partial charge in [-0.05, 0) is 32.9 Å². The van der Waals surface area contributed by atoms with Gasteiger partial charge < -0.3 is 5.32 Å². The van der Waals surface area contributed by atoms with E-state index in [1.165, 1.54) is 4.68 Å². The van der Waals surface area contributed by atoms with Gasteiger partial charge in [-0.1, -0.05) is 6.07 Å². The first-order valence-corrected chi connectivity index (χ1v) is 6.53. The third-order valence-corrected chi connectivity index (χ3v) is 3.19. The molecule has 0 aliphatic carbocycles.